The van der Waals surface area contributed by atoms with Gasteiger partial charge in [0.2, 0.25) is 10.0 Å². The molecule has 1 rings (SSSR count). The molecular weight excluding hydrogens is 298 g/mol. The maximum absolute atomic E-state index is 12.0. The molecule has 1 aliphatic rings. The van der Waals surface area contributed by atoms with E-state index in [1.54, 1.807) is 0 Å². The zero-order chi connectivity index (χ0) is 13.8. The molecule has 18 heavy (non-hydrogen) atoms. The second-order valence-electron chi connectivity index (χ2n) is 4.79. The van der Waals surface area contributed by atoms with Crippen molar-refractivity contribution in [3.05, 3.63) is 0 Å². The van der Waals surface area contributed by atoms with E-state index < -0.39 is 19.9 Å². The van der Waals surface area contributed by atoms with Gasteiger partial charge in [0.1, 0.15) is 9.84 Å². The summed E-state index contributed by atoms with van der Waals surface area (Å²) in [7, 11) is -6.70. The van der Waals surface area contributed by atoms with E-state index in [1.165, 1.54) is 4.31 Å². The number of hydrogen-bond acceptors (Lipinski definition) is 4. The quantitative estimate of drug-likeness (QED) is 0.676. The Hall–Kier alpha value is 0.150. The van der Waals surface area contributed by atoms with Crippen molar-refractivity contribution < 1.29 is 16.8 Å². The van der Waals surface area contributed by atoms with E-state index >= 15 is 0 Å². The minimum atomic E-state index is -3.46. The molecule has 5 nitrogen and oxygen atoms in total. The Morgan fingerprint density at radius 3 is 2.44 bits per heavy atom. The number of piperidine rings is 1. The highest BCUT2D eigenvalue weighted by molar-refractivity contribution is 7.93. The Labute approximate surface area is 114 Å². The van der Waals surface area contributed by atoms with Gasteiger partial charge >= 0.3 is 0 Å². The van der Waals surface area contributed by atoms with Crippen LogP contribution in [0.3, 0.4) is 0 Å². The molecule has 108 valence electrons. The first-order valence-electron chi connectivity index (χ1n) is 5.96. The van der Waals surface area contributed by atoms with Crippen LogP contribution in [-0.4, -0.2) is 57.9 Å². The smallest absolute Gasteiger partial charge is 0.215 e. The molecule has 1 unspecified atom stereocenters. The molecule has 1 heterocycles. The largest absolute Gasteiger partial charge is 0.229 e. The molecule has 0 aliphatic carbocycles. The van der Waals surface area contributed by atoms with Crippen LogP contribution < -0.4 is 0 Å². The molecule has 0 aromatic rings. The van der Waals surface area contributed by atoms with Gasteiger partial charge in [0.15, 0.2) is 0 Å². The first-order chi connectivity index (χ1) is 8.24. The van der Waals surface area contributed by atoms with Crippen LogP contribution in [-0.2, 0) is 19.9 Å². The predicted octanol–water partition coefficient (Wildman–Crippen LogP) is 0.702. The second kappa shape index (κ2) is 6.54. The maximum Gasteiger partial charge on any atom is 0.215 e. The van der Waals surface area contributed by atoms with Crippen molar-refractivity contribution in [1.82, 2.24) is 4.31 Å². The highest BCUT2D eigenvalue weighted by Crippen LogP contribution is 2.22. The number of hydrogen-bond donors (Lipinski definition) is 0. The van der Waals surface area contributed by atoms with Crippen LogP contribution in [0.25, 0.3) is 0 Å². The van der Waals surface area contributed by atoms with Gasteiger partial charge in [-0.05, 0) is 25.2 Å². The molecule has 0 spiro atoms. The molecule has 0 aromatic heterocycles. The molecule has 0 N–H and O–H groups in total. The minimum absolute atomic E-state index is 0.296. The van der Waals surface area contributed by atoms with Crippen LogP contribution in [0.1, 0.15) is 19.3 Å². The molecule has 0 bridgehead atoms. The first kappa shape index (κ1) is 16.2. The van der Waals surface area contributed by atoms with E-state index in [2.05, 4.69) is 0 Å². The zero-order valence-electron chi connectivity index (χ0n) is 10.5. The fourth-order valence-corrected chi connectivity index (χ4v) is 5.52. The maximum atomic E-state index is 12.0. The third kappa shape index (κ3) is 5.42. The lowest BCUT2D eigenvalue weighted by molar-refractivity contribution is 0.262. The normalized spacial score (nSPS) is 23.1. The third-order valence-corrected chi connectivity index (χ3v) is 6.37. The van der Waals surface area contributed by atoms with Gasteiger partial charge in [-0.25, -0.2) is 21.1 Å². The number of rotatable bonds is 6. The Morgan fingerprint density at radius 2 is 1.89 bits per heavy atom. The summed E-state index contributed by atoms with van der Waals surface area (Å²) in [5.74, 6) is 0.192. The monoisotopic (exact) mass is 317 g/mol. The second-order valence-corrected chi connectivity index (χ2v) is 9.52. The molecular formula is C10H20ClNO4S2. The van der Waals surface area contributed by atoms with Crippen molar-refractivity contribution in [2.24, 2.45) is 5.92 Å². The van der Waals surface area contributed by atoms with E-state index in [9.17, 15) is 16.8 Å². The number of alkyl halides is 1. The van der Waals surface area contributed by atoms with Crippen LogP contribution >= 0.6 is 11.6 Å². The lowest BCUT2D eigenvalue weighted by atomic mass is 9.97. The lowest BCUT2D eigenvalue weighted by Gasteiger charge is -2.31. The van der Waals surface area contributed by atoms with Crippen molar-refractivity contribution in [3.8, 4) is 0 Å². The fourth-order valence-electron chi connectivity index (χ4n) is 2.06. The Morgan fingerprint density at radius 1 is 1.22 bits per heavy atom. The number of nitrogens with zero attached hydrogens (tertiary/aromatic N) is 1. The van der Waals surface area contributed by atoms with Gasteiger partial charge in [0.05, 0.1) is 11.5 Å². The third-order valence-electron chi connectivity index (χ3n) is 3.10. The SMILES string of the molecule is CS(=O)(=O)CCS(=O)(=O)N1CCCC(CCCl)C1. The van der Waals surface area contributed by atoms with Gasteiger partial charge in [-0.2, -0.15) is 0 Å². The predicted molar refractivity (Wildman–Crippen MR) is 73.1 cm³/mol. The van der Waals surface area contributed by atoms with Gasteiger partial charge in [-0.3, -0.25) is 0 Å². The van der Waals surface area contributed by atoms with Crippen LogP contribution in [0.15, 0.2) is 0 Å². The Bertz CT molecular complexity index is 458. The fraction of sp³-hybridized carbons (Fsp3) is 1.00. The summed E-state index contributed by atoms with van der Waals surface area (Å²) in [5.41, 5.74) is 0. The zero-order valence-corrected chi connectivity index (χ0v) is 12.9. The number of sulfonamides is 1. The van der Waals surface area contributed by atoms with E-state index in [0.717, 1.165) is 25.5 Å². The van der Waals surface area contributed by atoms with Crippen LogP contribution in [0, 0.1) is 5.92 Å². The van der Waals surface area contributed by atoms with Gasteiger partial charge < -0.3 is 0 Å². The average Bonchev–Trinajstić information content (AvgIpc) is 2.27. The number of halogens is 1. The first-order valence-corrected chi connectivity index (χ1v) is 10.2. The van der Waals surface area contributed by atoms with Crippen molar-refractivity contribution in [3.63, 3.8) is 0 Å². The average molecular weight is 318 g/mol. The van der Waals surface area contributed by atoms with Crippen molar-refractivity contribution in [2.75, 3.05) is 36.7 Å². The van der Waals surface area contributed by atoms with E-state index in [-0.39, 0.29) is 11.5 Å². The van der Waals surface area contributed by atoms with Crippen LogP contribution in [0.5, 0.6) is 0 Å². The number of sulfone groups is 1. The van der Waals surface area contributed by atoms with Crippen LogP contribution in [0.2, 0.25) is 0 Å². The summed E-state index contributed by atoms with van der Waals surface area (Å²) >= 11 is 5.67. The van der Waals surface area contributed by atoms with Crippen molar-refractivity contribution >= 4 is 31.5 Å². The topological polar surface area (TPSA) is 71.5 Å². The molecule has 0 radical (unpaired) electrons. The summed E-state index contributed by atoms with van der Waals surface area (Å²) in [6.45, 7) is 0.962. The summed E-state index contributed by atoms with van der Waals surface area (Å²) in [6, 6.07) is 0. The van der Waals surface area contributed by atoms with Gasteiger partial charge in [0, 0.05) is 25.2 Å². The van der Waals surface area contributed by atoms with Gasteiger partial charge in [0.25, 0.3) is 0 Å². The lowest BCUT2D eigenvalue weighted by Crippen LogP contribution is -2.42. The van der Waals surface area contributed by atoms with Gasteiger partial charge in [-0.15, -0.1) is 11.6 Å². The molecule has 1 saturated heterocycles. The van der Waals surface area contributed by atoms with E-state index in [4.69, 9.17) is 11.6 Å². The van der Waals surface area contributed by atoms with Crippen molar-refractivity contribution in [1.29, 1.82) is 0 Å². The molecule has 0 aromatic carbocycles. The molecule has 1 atom stereocenters. The molecule has 0 amide bonds. The molecule has 8 heteroatoms. The molecule has 0 saturated carbocycles. The summed E-state index contributed by atoms with van der Waals surface area (Å²) in [6.07, 6.45) is 3.67. The Balaban J connectivity index is 2.61. The molecule has 1 aliphatic heterocycles. The standard InChI is InChI=1S/C10H20ClNO4S2/c1-17(13,14)7-8-18(15,16)12-6-2-3-10(9-12)4-5-11/h10H,2-9H2,1H3. The summed E-state index contributed by atoms with van der Waals surface area (Å²) in [5, 5.41) is 0. The highest BCUT2D eigenvalue weighted by atomic mass is 35.5. The molecule has 1 fully saturated rings. The van der Waals surface area contributed by atoms with Crippen LogP contribution in [0.4, 0.5) is 0 Å². The van der Waals surface area contributed by atoms with Gasteiger partial charge in [-0.1, -0.05) is 0 Å². The summed E-state index contributed by atoms with van der Waals surface area (Å²) < 4.78 is 47.5. The van der Waals surface area contributed by atoms with E-state index in [0.29, 0.717) is 24.9 Å². The van der Waals surface area contributed by atoms with E-state index in [1.807, 2.05) is 0 Å². The van der Waals surface area contributed by atoms with Crippen molar-refractivity contribution in [2.45, 2.75) is 19.3 Å². The highest BCUT2D eigenvalue weighted by Gasteiger charge is 2.29. The minimum Gasteiger partial charge on any atom is -0.229 e. The summed E-state index contributed by atoms with van der Waals surface area (Å²) in [4.78, 5) is 0. The Kier molecular flexibility index (Phi) is 5.89.